The van der Waals surface area contributed by atoms with Crippen LogP contribution in [0.1, 0.15) is 11.4 Å². The number of hydrogen-bond acceptors (Lipinski definition) is 7. The summed E-state index contributed by atoms with van der Waals surface area (Å²) < 4.78 is 0. The number of aromatic nitrogens is 5. The van der Waals surface area contributed by atoms with Gasteiger partial charge in [0.15, 0.2) is 0 Å². The van der Waals surface area contributed by atoms with Crippen molar-refractivity contribution >= 4 is 12.1 Å². The summed E-state index contributed by atoms with van der Waals surface area (Å²) in [7, 11) is 0. The lowest BCUT2D eigenvalue weighted by atomic mass is 10.3. The van der Waals surface area contributed by atoms with E-state index in [4.69, 9.17) is 0 Å². The number of nitrogens with one attached hydrogen (secondary N) is 5. The van der Waals surface area contributed by atoms with Crippen molar-refractivity contribution in [2.24, 2.45) is 5.10 Å². The summed E-state index contributed by atoms with van der Waals surface area (Å²) in [6.07, 6.45) is 0.619. The molecule has 0 saturated carbocycles. The van der Waals surface area contributed by atoms with Gasteiger partial charge in [0, 0.05) is 6.07 Å². The molecule has 2 aromatic rings. The molecule has 1 amide bonds. The van der Waals surface area contributed by atoms with Crippen LogP contribution in [0.5, 0.6) is 0 Å². The van der Waals surface area contributed by atoms with Crippen LogP contribution in [0.4, 0.5) is 0 Å². The van der Waals surface area contributed by atoms with Gasteiger partial charge in [0.2, 0.25) is 5.91 Å². The number of rotatable bonds is 4. The Morgan fingerprint density at radius 3 is 2.64 bits per heavy atom. The van der Waals surface area contributed by atoms with Crippen molar-refractivity contribution in [3.05, 3.63) is 59.1 Å². The number of carbonyl (C=O) groups is 1. The standard InChI is InChI=1S/C10H9N7O5/c18-6-1-4(12-9(21)13-6)3-11-16-7(19)2-5-8(20)14-10(22)17-15-5/h1,3H,2H2,(H,16,19)(H2,12,13,18,21)(H2,14,17,20,22). The summed E-state index contributed by atoms with van der Waals surface area (Å²) in [5, 5.41) is 8.91. The fourth-order valence-corrected chi connectivity index (χ4v) is 1.41. The molecule has 0 bridgehead atoms. The van der Waals surface area contributed by atoms with Gasteiger partial charge in [0.25, 0.3) is 11.1 Å². The molecule has 0 aliphatic rings. The lowest BCUT2D eigenvalue weighted by Gasteiger charge is -1.98. The second-order valence-electron chi connectivity index (χ2n) is 3.97. The molecule has 22 heavy (non-hydrogen) atoms. The quantitative estimate of drug-likeness (QED) is 0.288. The Morgan fingerprint density at radius 1 is 1.18 bits per heavy atom. The average molecular weight is 307 g/mol. The smallest absolute Gasteiger partial charge is 0.306 e. The molecule has 114 valence electrons. The first-order chi connectivity index (χ1) is 10.4. The SMILES string of the molecule is O=C(Cc1n[nH]c(=O)[nH]c1=O)NN=Cc1cc(=O)[nH]c(=O)[nH]1. The highest BCUT2D eigenvalue weighted by Gasteiger charge is 2.08. The first-order valence-corrected chi connectivity index (χ1v) is 5.77. The van der Waals surface area contributed by atoms with Crippen LogP contribution in [0.2, 0.25) is 0 Å². The second-order valence-corrected chi connectivity index (χ2v) is 3.97. The molecular formula is C10H9N7O5. The van der Waals surface area contributed by atoms with Gasteiger partial charge in [-0.3, -0.25) is 24.4 Å². The summed E-state index contributed by atoms with van der Waals surface area (Å²) >= 11 is 0. The van der Waals surface area contributed by atoms with Gasteiger partial charge in [-0.25, -0.2) is 20.1 Å². The van der Waals surface area contributed by atoms with E-state index >= 15 is 0 Å². The highest BCUT2D eigenvalue weighted by molar-refractivity contribution is 5.81. The zero-order chi connectivity index (χ0) is 16.1. The van der Waals surface area contributed by atoms with Crippen molar-refractivity contribution < 1.29 is 4.79 Å². The van der Waals surface area contributed by atoms with Crippen molar-refractivity contribution in [2.75, 3.05) is 0 Å². The molecule has 0 aromatic carbocycles. The molecule has 12 heteroatoms. The predicted molar refractivity (Wildman–Crippen MR) is 72.6 cm³/mol. The van der Waals surface area contributed by atoms with Gasteiger partial charge < -0.3 is 4.98 Å². The van der Waals surface area contributed by atoms with Crippen LogP contribution in [-0.2, 0) is 11.2 Å². The number of H-pyrrole nitrogens is 4. The van der Waals surface area contributed by atoms with E-state index in [1.54, 1.807) is 0 Å². The lowest BCUT2D eigenvalue weighted by molar-refractivity contribution is -0.120. The molecule has 0 spiro atoms. The van der Waals surface area contributed by atoms with Crippen LogP contribution in [0.25, 0.3) is 0 Å². The van der Waals surface area contributed by atoms with E-state index in [-0.39, 0.29) is 11.4 Å². The maximum Gasteiger partial charge on any atom is 0.342 e. The van der Waals surface area contributed by atoms with E-state index in [0.29, 0.717) is 0 Å². The third-order valence-corrected chi connectivity index (χ3v) is 2.28. The highest BCUT2D eigenvalue weighted by atomic mass is 16.2. The van der Waals surface area contributed by atoms with Crippen LogP contribution in [0.15, 0.2) is 30.3 Å². The average Bonchev–Trinajstić information content (AvgIpc) is 2.41. The maximum absolute atomic E-state index is 11.5. The molecular weight excluding hydrogens is 298 g/mol. The minimum absolute atomic E-state index is 0.0778. The van der Waals surface area contributed by atoms with Gasteiger partial charge in [-0.05, 0) is 0 Å². The fourth-order valence-electron chi connectivity index (χ4n) is 1.41. The molecule has 0 aliphatic carbocycles. The highest BCUT2D eigenvalue weighted by Crippen LogP contribution is 1.83. The van der Waals surface area contributed by atoms with Crippen molar-refractivity contribution in [3.63, 3.8) is 0 Å². The number of aromatic amines is 4. The summed E-state index contributed by atoms with van der Waals surface area (Å²) in [4.78, 5) is 61.7. The van der Waals surface area contributed by atoms with Crippen LogP contribution >= 0.6 is 0 Å². The minimum Gasteiger partial charge on any atom is -0.306 e. The Kier molecular flexibility index (Phi) is 4.22. The van der Waals surface area contributed by atoms with Crippen LogP contribution in [0.3, 0.4) is 0 Å². The van der Waals surface area contributed by atoms with Gasteiger partial charge in [-0.15, -0.1) is 0 Å². The second kappa shape index (κ2) is 6.25. The first-order valence-electron chi connectivity index (χ1n) is 5.77. The van der Waals surface area contributed by atoms with Gasteiger partial charge in [0.1, 0.15) is 5.69 Å². The molecule has 2 aromatic heterocycles. The van der Waals surface area contributed by atoms with E-state index in [2.05, 4.69) is 20.6 Å². The molecule has 12 nitrogen and oxygen atoms in total. The third-order valence-electron chi connectivity index (χ3n) is 2.28. The lowest BCUT2D eigenvalue weighted by Crippen LogP contribution is -2.31. The molecule has 0 atom stereocenters. The molecule has 2 rings (SSSR count). The zero-order valence-corrected chi connectivity index (χ0v) is 10.8. The van der Waals surface area contributed by atoms with E-state index < -0.39 is 34.8 Å². The van der Waals surface area contributed by atoms with E-state index in [9.17, 15) is 24.0 Å². The molecule has 0 fully saturated rings. The number of nitrogens with zero attached hydrogens (tertiary/aromatic N) is 2. The van der Waals surface area contributed by atoms with Gasteiger partial charge >= 0.3 is 11.4 Å². The third kappa shape index (κ3) is 3.96. The molecule has 0 aliphatic heterocycles. The van der Waals surface area contributed by atoms with Crippen molar-refractivity contribution in [2.45, 2.75) is 6.42 Å². The van der Waals surface area contributed by atoms with Crippen LogP contribution in [0, 0.1) is 0 Å². The predicted octanol–water partition coefficient (Wildman–Crippen LogP) is -3.47. The number of amides is 1. The maximum atomic E-state index is 11.5. The first kappa shape index (κ1) is 14.8. The molecule has 2 heterocycles. The van der Waals surface area contributed by atoms with Crippen molar-refractivity contribution in [3.8, 4) is 0 Å². The molecule has 0 unspecified atom stereocenters. The number of hydrogen-bond donors (Lipinski definition) is 5. The van der Waals surface area contributed by atoms with E-state index in [1.807, 2.05) is 15.1 Å². The zero-order valence-electron chi connectivity index (χ0n) is 10.8. The summed E-state index contributed by atoms with van der Waals surface area (Å²) in [5.74, 6) is -0.687. The molecule has 0 radical (unpaired) electrons. The van der Waals surface area contributed by atoms with Crippen LogP contribution in [-0.4, -0.2) is 37.3 Å². The van der Waals surface area contributed by atoms with Crippen LogP contribution < -0.4 is 27.9 Å². The Morgan fingerprint density at radius 2 is 1.95 bits per heavy atom. The Labute approximate surface area is 119 Å². The van der Waals surface area contributed by atoms with E-state index in [0.717, 1.165) is 12.3 Å². The Bertz CT molecular complexity index is 919. The minimum atomic E-state index is -0.790. The summed E-state index contributed by atoms with van der Waals surface area (Å²) in [6, 6.07) is 1.06. The Hall–Kier alpha value is -3.57. The largest absolute Gasteiger partial charge is 0.342 e. The van der Waals surface area contributed by atoms with Gasteiger partial charge in [-0.2, -0.15) is 10.2 Å². The van der Waals surface area contributed by atoms with Gasteiger partial charge in [0.05, 0.1) is 18.3 Å². The van der Waals surface area contributed by atoms with Crippen molar-refractivity contribution in [1.82, 2.24) is 30.6 Å². The monoisotopic (exact) mass is 307 g/mol. The van der Waals surface area contributed by atoms with Crippen molar-refractivity contribution in [1.29, 1.82) is 0 Å². The molecule has 5 N–H and O–H groups in total. The number of hydrazone groups is 1. The summed E-state index contributed by atoms with van der Waals surface area (Å²) in [6.45, 7) is 0. The number of carbonyl (C=O) groups excluding carboxylic acids is 1. The normalized spacial score (nSPS) is 10.7. The summed E-state index contributed by atoms with van der Waals surface area (Å²) in [5.41, 5.74) is -0.967. The fraction of sp³-hybridized carbons (Fsp3) is 0.100. The van der Waals surface area contributed by atoms with Gasteiger partial charge in [-0.1, -0.05) is 0 Å². The topological polar surface area (TPSA) is 186 Å². The Balaban J connectivity index is 2.02. The molecule has 0 saturated heterocycles. The van der Waals surface area contributed by atoms with E-state index in [1.165, 1.54) is 0 Å².